The predicted octanol–water partition coefficient (Wildman–Crippen LogP) is -0.160. The standard InChI is InChI=1S/C12H27N3O/c1-11(2)8-14-4-6-15(7-5-14)9-12(10-16)13-3/h11-13,16H,4-10H2,1-3H3. The van der Waals surface area contributed by atoms with Crippen molar-refractivity contribution in [1.29, 1.82) is 0 Å². The first-order valence-corrected chi connectivity index (χ1v) is 6.38. The van der Waals surface area contributed by atoms with E-state index < -0.39 is 0 Å². The van der Waals surface area contributed by atoms with Crippen LogP contribution < -0.4 is 5.32 Å². The summed E-state index contributed by atoms with van der Waals surface area (Å²) in [6.45, 7) is 11.5. The molecule has 1 rings (SSSR count). The number of aliphatic hydroxyl groups is 1. The summed E-state index contributed by atoms with van der Waals surface area (Å²) < 4.78 is 0. The molecule has 1 saturated heterocycles. The minimum absolute atomic E-state index is 0.219. The highest BCUT2D eigenvalue weighted by Crippen LogP contribution is 2.05. The highest BCUT2D eigenvalue weighted by molar-refractivity contribution is 4.76. The van der Waals surface area contributed by atoms with Crippen LogP contribution in [0.1, 0.15) is 13.8 Å². The minimum Gasteiger partial charge on any atom is -0.395 e. The van der Waals surface area contributed by atoms with Gasteiger partial charge in [-0.05, 0) is 13.0 Å². The molecule has 0 aromatic heterocycles. The SMILES string of the molecule is CNC(CO)CN1CCN(CC(C)C)CC1. The fraction of sp³-hybridized carbons (Fsp3) is 1.00. The Balaban J connectivity index is 2.21. The van der Waals surface area contributed by atoms with Crippen molar-refractivity contribution in [3.05, 3.63) is 0 Å². The van der Waals surface area contributed by atoms with Gasteiger partial charge in [0.1, 0.15) is 0 Å². The van der Waals surface area contributed by atoms with Crippen LogP contribution in [0.4, 0.5) is 0 Å². The van der Waals surface area contributed by atoms with Crippen molar-refractivity contribution in [3.8, 4) is 0 Å². The highest BCUT2D eigenvalue weighted by Gasteiger charge is 2.19. The Morgan fingerprint density at radius 2 is 1.56 bits per heavy atom. The molecule has 4 heteroatoms. The maximum atomic E-state index is 9.13. The lowest BCUT2D eigenvalue weighted by atomic mass is 10.2. The largest absolute Gasteiger partial charge is 0.395 e. The second kappa shape index (κ2) is 7.22. The molecule has 0 aromatic rings. The molecule has 0 amide bonds. The molecule has 2 N–H and O–H groups in total. The molecule has 16 heavy (non-hydrogen) atoms. The molecule has 1 aliphatic heterocycles. The van der Waals surface area contributed by atoms with Crippen molar-refractivity contribution in [2.24, 2.45) is 5.92 Å². The molecular weight excluding hydrogens is 202 g/mol. The second-order valence-electron chi connectivity index (χ2n) is 5.16. The fourth-order valence-electron chi connectivity index (χ4n) is 2.22. The van der Waals surface area contributed by atoms with Gasteiger partial charge in [0, 0.05) is 45.3 Å². The van der Waals surface area contributed by atoms with Gasteiger partial charge in [0.15, 0.2) is 0 Å². The summed E-state index contributed by atoms with van der Waals surface area (Å²) in [5.74, 6) is 0.758. The fourth-order valence-corrected chi connectivity index (χ4v) is 2.22. The Morgan fingerprint density at radius 1 is 1.06 bits per heavy atom. The highest BCUT2D eigenvalue weighted by atomic mass is 16.3. The van der Waals surface area contributed by atoms with Gasteiger partial charge in [-0.2, -0.15) is 0 Å². The molecule has 1 unspecified atom stereocenters. The minimum atomic E-state index is 0.219. The average molecular weight is 229 g/mol. The molecular formula is C12H27N3O. The van der Waals surface area contributed by atoms with Gasteiger partial charge < -0.3 is 15.3 Å². The molecule has 96 valence electrons. The number of piperazine rings is 1. The van der Waals surface area contributed by atoms with E-state index in [9.17, 15) is 0 Å². The summed E-state index contributed by atoms with van der Waals surface area (Å²) in [6, 6.07) is 0.219. The molecule has 0 saturated carbocycles. The zero-order valence-corrected chi connectivity index (χ0v) is 10.9. The van der Waals surface area contributed by atoms with E-state index in [1.54, 1.807) is 0 Å². The van der Waals surface area contributed by atoms with Crippen molar-refractivity contribution in [1.82, 2.24) is 15.1 Å². The van der Waals surface area contributed by atoms with E-state index in [1.807, 2.05) is 7.05 Å². The Labute approximate surface area is 99.6 Å². The zero-order chi connectivity index (χ0) is 12.0. The van der Waals surface area contributed by atoms with Crippen LogP contribution >= 0.6 is 0 Å². The van der Waals surface area contributed by atoms with E-state index in [4.69, 9.17) is 5.11 Å². The number of hydrogen-bond acceptors (Lipinski definition) is 4. The molecule has 1 atom stereocenters. The van der Waals surface area contributed by atoms with Crippen LogP contribution in [0.25, 0.3) is 0 Å². The van der Waals surface area contributed by atoms with Gasteiger partial charge in [0.2, 0.25) is 0 Å². The van der Waals surface area contributed by atoms with Crippen molar-refractivity contribution < 1.29 is 5.11 Å². The third kappa shape index (κ3) is 4.78. The Kier molecular flexibility index (Phi) is 6.28. The Morgan fingerprint density at radius 3 is 1.94 bits per heavy atom. The van der Waals surface area contributed by atoms with Crippen molar-refractivity contribution in [2.45, 2.75) is 19.9 Å². The van der Waals surface area contributed by atoms with Gasteiger partial charge >= 0.3 is 0 Å². The van der Waals surface area contributed by atoms with E-state index in [-0.39, 0.29) is 12.6 Å². The molecule has 0 spiro atoms. The molecule has 1 heterocycles. The van der Waals surface area contributed by atoms with Crippen molar-refractivity contribution >= 4 is 0 Å². The van der Waals surface area contributed by atoms with Crippen LogP contribution in [-0.2, 0) is 0 Å². The number of likely N-dealkylation sites (N-methyl/N-ethyl adjacent to an activating group) is 1. The maximum absolute atomic E-state index is 9.13. The van der Waals surface area contributed by atoms with E-state index in [0.29, 0.717) is 0 Å². The van der Waals surface area contributed by atoms with Crippen LogP contribution in [0.3, 0.4) is 0 Å². The summed E-state index contributed by atoms with van der Waals surface area (Å²) >= 11 is 0. The van der Waals surface area contributed by atoms with Gasteiger partial charge in [0.25, 0.3) is 0 Å². The van der Waals surface area contributed by atoms with Crippen molar-refractivity contribution in [3.63, 3.8) is 0 Å². The molecule has 4 nitrogen and oxygen atoms in total. The van der Waals surface area contributed by atoms with Crippen LogP contribution in [-0.4, -0.2) is 73.9 Å². The Hall–Kier alpha value is -0.160. The van der Waals surface area contributed by atoms with Crippen LogP contribution in [0.15, 0.2) is 0 Å². The van der Waals surface area contributed by atoms with Crippen LogP contribution in [0.2, 0.25) is 0 Å². The van der Waals surface area contributed by atoms with Gasteiger partial charge in [-0.1, -0.05) is 13.8 Å². The molecule has 0 radical (unpaired) electrons. The van der Waals surface area contributed by atoms with Crippen molar-refractivity contribution in [2.75, 3.05) is 52.9 Å². The first-order valence-electron chi connectivity index (χ1n) is 6.38. The van der Waals surface area contributed by atoms with E-state index in [2.05, 4.69) is 29.0 Å². The monoisotopic (exact) mass is 229 g/mol. The van der Waals surface area contributed by atoms with E-state index in [1.165, 1.54) is 19.6 Å². The smallest absolute Gasteiger partial charge is 0.0597 e. The first kappa shape index (κ1) is 13.9. The summed E-state index contributed by atoms with van der Waals surface area (Å²) in [5, 5.41) is 12.3. The number of nitrogens with one attached hydrogen (secondary N) is 1. The quantitative estimate of drug-likeness (QED) is 0.664. The lowest BCUT2D eigenvalue weighted by Crippen LogP contribution is -2.51. The summed E-state index contributed by atoms with van der Waals surface area (Å²) in [4.78, 5) is 4.97. The predicted molar refractivity (Wildman–Crippen MR) is 67.7 cm³/mol. The number of aliphatic hydroxyl groups excluding tert-OH is 1. The maximum Gasteiger partial charge on any atom is 0.0597 e. The molecule has 0 aliphatic carbocycles. The van der Waals surface area contributed by atoms with E-state index in [0.717, 1.165) is 25.6 Å². The zero-order valence-electron chi connectivity index (χ0n) is 10.9. The first-order chi connectivity index (χ1) is 7.65. The van der Waals surface area contributed by atoms with Crippen LogP contribution in [0.5, 0.6) is 0 Å². The second-order valence-corrected chi connectivity index (χ2v) is 5.16. The van der Waals surface area contributed by atoms with Gasteiger partial charge in [0.05, 0.1) is 6.61 Å². The Bertz CT molecular complexity index is 175. The molecule has 0 aromatic carbocycles. The molecule has 0 bridgehead atoms. The number of nitrogens with zero attached hydrogens (tertiary/aromatic N) is 2. The number of rotatable bonds is 6. The van der Waals surface area contributed by atoms with E-state index >= 15 is 0 Å². The van der Waals surface area contributed by atoms with Gasteiger partial charge in [-0.25, -0.2) is 0 Å². The summed E-state index contributed by atoms with van der Waals surface area (Å²) in [7, 11) is 1.91. The third-order valence-electron chi connectivity index (χ3n) is 3.20. The lowest BCUT2D eigenvalue weighted by molar-refractivity contribution is 0.104. The lowest BCUT2D eigenvalue weighted by Gasteiger charge is -2.36. The van der Waals surface area contributed by atoms with Gasteiger partial charge in [-0.3, -0.25) is 4.90 Å². The van der Waals surface area contributed by atoms with Crippen LogP contribution in [0, 0.1) is 5.92 Å². The normalized spacial score (nSPS) is 21.6. The molecule has 1 aliphatic rings. The van der Waals surface area contributed by atoms with Gasteiger partial charge in [-0.15, -0.1) is 0 Å². The average Bonchev–Trinajstić information content (AvgIpc) is 2.27. The third-order valence-corrected chi connectivity index (χ3v) is 3.20. The summed E-state index contributed by atoms with van der Waals surface area (Å²) in [6.07, 6.45) is 0. The summed E-state index contributed by atoms with van der Waals surface area (Å²) in [5.41, 5.74) is 0. The topological polar surface area (TPSA) is 38.7 Å². The molecule has 1 fully saturated rings. The number of hydrogen-bond donors (Lipinski definition) is 2.